The average molecular weight is 373 g/mol. The van der Waals surface area contributed by atoms with E-state index in [2.05, 4.69) is 5.10 Å². The minimum Gasteiger partial charge on any atom is -0.497 e. The monoisotopic (exact) mass is 372 g/mol. The van der Waals surface area contributed by atoms with Gasteiger partial charge < -0.3 is 9.47 Å². The first kappa shape index (κ1) is 18.0. The Bertz CT molecular complexity index is 852. The fraction of sp³-hybridized carbons (Fsp3) is 0.133. The van der Waals surface area contributed by atoms with E-state index < -0.39 is 15.8 Å². The van der Waals surface area contributed by atoms with Gasteiger partial charge in [0, 0.05) is 11.6 Å². The zero-order valence-electron chi connectivity index (χ0n) is 12.8. The van der Waals surface area contributed by atoms with Crippen LogP contribution >= 0.6 is 11.6 Å². The Morgan fingerprint density at radius 2 is 1.96 bits per heavy atom. The lowest BCUT2D eigenvalue weighted by molar-refractivity contribution is 0.392. The zero-order chi connectivity index (χ0) is 17.7. The molecule has 1 N–H and O–H groups in total. The molecular formula is C15H14ClFN2O4S. The fourth-order valence-corrected chi connectivity index (χ4v) is 3.03. The van der Waals surface area contributed by atoms with Gasteiger partial charge in [0.2, 0.25) is 0 Å². The van der Waals surface area contributed by atoms with Crippen LogP contribution in [0.2, 0.25) is 5.02 Å². The number of nitrogens with zero attached hydrogens (tertiary/aromatic N) is 1. The van der Waals surface area contributed by atoms with E-state index in [1.807, 2.05) is 4.83 Å². The standard InChI is InChI=1S/C15H14ClFN2O4S/c1-22-10-6-7-14(23-2)15(8-10)24(20,21)19-18-9-11-12(16)4-3-5-13(11)17/h3-9,19H,1-2H3/b18-9+. The summed E-state index contributed by atoms with van der Waals surface area (Å²) in [4.78, 5) is 1.82. The fourth-order valence-electron chi connectivity index (χ4n) is 1.84. The zero-order valence-corrected chi connectivity index (χ0v) is 14.4. The predicted octanol–water partition coefficient (Wildman–Crippen LogP) is 2.81. The molecule has 0 bridgehead atoms. The van der Waals surface area contributed by atoms with Gasteiger partial charge in [-0.05, 0) is 24.3 Å². The summed E-state index contributed by atoms with van der Waals surface area (Å²) in [6.45, 7) is 0. The lowest BCUT2D eigenvalue weighted by atomic mass is 10.2. The first-order chi connectivity index (χ1) is 11.4. The molecule has 0 aliphatic carbocycles. The van der Waals surface area contributed by atoms with Crippen LogP contribution in [0, 0.1) is 5.82 Å². The normalized spacial score (nSPS) is 11.5. The first-order valence-corrected chi connectivity index (χ1v) is 8.46. The van der Waals surface area contributed by atoms with E-state index in [1.165, 1.54) is 44.6 Å². The van der Waals surface area contributed by atoms with Crippen molar-refractivity contribution in [2.75, 3.05) is 14.2 Å². The molecule has 2 aromatic rings. The molecule has 0 fully saturated rings. The Kier molecular flexibility index (Phi) is 5.63. The second kappa shape index (κ2) is 7.50. The van der Waals surface area contributed by atoms with E-state index in [0.29, 0.717) is 5.75 Å². The molecule has 0 aliphatic heterocycles. The molecule has 128 valence electrons. The maximum atomic E-state index is 13.6. The van der Waals surface area contributed by atoms with Crippen molar-refractivity contribution in [2.24, 2.45) is 5.10 Å². The molecule has 0 amide bonds. The van der Waals surface area contributed by atoms with Gasteiger partial charge in [0.05, 0.1) is 25.5 Å². The highest BCUT2D eigenvalue weighted by atomic mass is 35.5. The minimum absolute atomic E-state index is 0.0283. The maximum absolute atomic E-state index is 13.6. The average Bonchev–Trinajstić information content (AvgIpc) is 2.57. The molecule has 2 rings (SSSR count). The molecule has 0 saturated heterocycles. The van der Waals surface area contributed by atoms with Gasteiger partial charge in [-0.2, -0.15) is 18.4 Å². The number of hydrazone groups is 1. The summed E-state index contributed by atoms with van der Waals surface area (Å²) in [6.07, 6.45) is 0.988. The van der Waals surface area contributed by atoms with Gasteiger partial charge in [0.1, 0.15) is 22.2 Å². The largest absolute Gasteiger partial charge is 0.497 e. The Hall–Kier alpha value is -2.32. The van der Waals surface area contributed by atoms with Gasteiger partial charge in [0.25, 0.3) is 10.0 Å². The molecule has 9 heteroatoms. The van der Waals surface area contributed by atoms with Gasteiger partial charge >= 0.3 is 0 Å². The van der Waals surface area contributed by atoms with Crippen molar-refractivity contribution in [3.63, 3.8) is 0 Å². The quantitative estimate of drug-likeness (QED) is 0.624. The molecule has 2 aromatic carbocycles. The van der Waals surface area contributed by atoms with Crippen LogP contribution in [-0.2, 0) is 10.0 Å². The third-order valence-corrected chi connectivity index (χ3v) is 4.60. The third-order valence-electron chi connectivity index (χ3n) is 3.03. The molecule has 0 heterocycles. The van der Waals surface area contributed by atoms with Crippen LogP contribution in [0.5, 0.6) is 11.5 Å². The maximum Gasteiger partial charge on any atom is 0.280 e. The van der Waals surface area contributed by atoms with Crippen molar-refractivity contribution in [3.05, 3.63) is 52.8 Å². The molecule has 0 spiro atoms. The van der Waals surface area contributed by atoms with Crippen LogP contribution in [0.15, 0.2) is 46.4 Å². The third kappa shape index (κ3) is 3.95. The van der Waals surface area contributed by atoms with Gasteiger partial charge in [0.15, 0.2) is 0 Å². The highest BCUT2D eigenvalue weighted by molar-refractivity contribution is 7.89. The van der Waals surface area contributed by atoms with Crippen molar-refractivity contribution < 1.29 is 22.3 Å². The second-order valence-corrected chi connectivity index (χ2v) is 6.54. The van der Waals surface area contributed by atoms with E-state index in [9.17, 15) is 12.8 Å². The molecule has 0 radical (unpaired) electrons. The molecule has 0 aliphatic rings. The molecule has 0 aromatic heterocycles. The van der Waals surface area contributed by atoms with Gasteiger partial charge in [-0.3, -0.25) is 0 Å². The van der Waals surface area contributed by atoms with Crippen molar-refractivity contribution >= 4 is 27.8 Å². The Labute approximate surface area is 143 Å². The Morgan fingerprint density at radius 1 is 1.21 bits per heavy atom. The van der Waals surface area contributed by atoms with E-state index >= 15 is 0 Å². The van der Waals surface area contributed by atoms with Crippen molar-refractivity contribution in [3.8, 4) is 11.5 Å². The lowest BCUT2D eigenvalue weighted by Gasteiger charge is -2.10. The van der Waals surface area contributed by atoms with E-state index in [0.717, 1.165) is 6.21 Å². The Morgan fingerprint density at radius 3 is 2.58 bits per heavy atom. The number of nitrogens with one attached hydrogen (secondary N) is 1. The molecule has 24 heavy (non-hydrogen) atoms. The molecule has 6 nitrogen and oxygen atoms in total. The lowest BCUT2D eigenvalue weighted by Crippen LogP contribution is -2.19. The highest BCUT2D eigenvalue weighted by Crippen LogP contribution is 2.28. The SMILES string of the molecule is COc1ccc(OC)c(S(=O)(=O)N/N=C/c2c(F)cccc2Cl)c1. The number of halogens is 2. The topological polar surface area (TPSA) is 77.0 Å². The number of rotatable bonds is 6. The summed E-state index contributed by atoms with van der Waals surface area (Å²) in [5.74, 6) is -0.177. The minimum atomic E-state index is -4.05. The van der Waals surface area contributed by atoms with Gasteiger partial charge in [-0.15, -0.1) is 0 Å². The van der Waals surface area contributed by atoms with E-state index in [4.69, 9.17) is 21.1 Å². The number of methoxy groups -OCH3 is 2. The van der Waals surface area contributed by atoms with Crippen LogP contribution in [0.25, 0.3) is 0 Å². The van der Waals surface area contributed by atoms with Crippen LogP contribution in [0.1, 0.15) is 5.56 Å². The van der Waals surface area contributed by atoms with Crippen LogP contribution in [0.3, 0.4) is 0 Å². The summed E-state index contributed by atoms with van der Waals surface area (Å²) in [7, 11) is -1.31. The number of sulfonamides is 1. The van der Waals surface area contributed by atoms with E-state index in [1.54, 1.807) is 6.07 Å². The van der Waals surface area contributed by atoms with Crippen molar-refractivity contribution in [1.82, 2.24) is 4.83 Å². The summed E-state index contributed by atoms with van der Waals surface area (Å²) in [5.41, 5.74) is -0.0283. The molecule has 0 unspecified atom stereocenters. The number of benzene rings is 2. The molecular weight excluding hydrogens is 359 g/mol. The number of hydrogen-bond acceptors (Lipinski definition) is 5. The molecule has 0 atom stereocenters. The van der Waals surface area contributed by atoms with Crippen LogP contribution in [0.4, 0.5) is 4.39 Å². The number of hydrogen-bond donors (Lipinski definition) is 1. The summed E-state index contributed by atoms with van der Waals surface area (Å²) in [5, 5.41) is 3.67. The van der Waals surface area contributed by atoms with Gasteiger partial charge in [-0.25, -0.2) is 4.39 Å². The van der Waals surface area contributed by atoms with E-state index in [-0.39, 0.29) is 21.2 Å². The van der Waals surface area contributed by atoms with Gasteiger partial charge in [-0.1, -0.05) is 17.7 Å². The summed E-state index contributed by atoms with van der Waals surface area (Å²) >= 11 is 5.84. The summed E-state index contributed by atoms with van der Waals surface area (Å²) in [6, 6.07) is 8.37. The smallest absolute Gasteiger partial charge is 0.280 e. The number of ether oxygens (including phenoxy) is 2. The first-order valence-electron chi connectivity index (χ1n) is 6.60. The van der Waals surface area contributed by atoms with Crippen molar-refractivity contribution in [2.45, 2.75) is 4.90 Å². The second-order valence-electron chi connectivity index (χ2n) is 4.51. The van der Waals surface area contributed by atoms with Crippen LogP contribution in [-0.4, -0.2) is 28.9 Å². The van der Waals surface area contributed by atoms with Crippen LogP contribution < -0.4 is 14.3 Å². The van der Waals surface area contributed by atoms with Crippen molar-refractivity contribution in [1.29, 1.82) is 0 Å². The summed E-state index contributed by atoms with van der Waals surface area (Å²) < 4.78 is 48.4. The highest BCUT2D eigenvalue weighted by Gasteiger charge is 2.20. The molecule has 0 saturated carbocycles. The predicted molar refractivity (Wildman–Crippen MR) is 88.9 cm³/mol. The Balaban J connectivity index is 2.31.